The second-order valence-electron chi connectivity index (χ2n) is 5.67. The molecule has 1 aromatic heterocycles. The number of carbonyl (C=O) groups excluding carboxylic acids is 1. The Kier molecular flexibility index (Phi) is 4.26. The molecule has 2 N–H and O–H groups in total. The van der Waals surface area contributed by atoms with Crippen molar-refractivity contribution in [1.82, 2.24) is 15.2 Å². The van der Waals surface area contributed by atoms with E-state index in [9.17, 15) is 4.79 Å². The van der Waals surface area contributed by atoms with E-state index < -0.39 is 5.41 Å². The molecule has 0 spiro atoms. The number of nitrogens with one attached hydrogen (secondary N) is 2. The predicted octanol–water partition coefficient (Wildman–Crippen LogP) is 2.86. The summed E-state index contributed by atoms with van der Waals surface area (Å²) < 4.78 is 5.39. The minimum atomic E-state index is -0.486. The SMILES string of the molecule is CCOc1ccc(-c2nc(NC(=O)C(C)(C)C)n[nH]2)cc1. The summed E-state index contributed by atoms with van der Waals surface area (Å²) in [6.45, 7) is 8.08. The number of H-pyrrole nitrogens is 1. The van der Waals surface area contributed by atoms with Crippen LogP contribution in [0.1, 0.15) is 27.7 Å². The Morgan fingerprint density at radius 3 is 2.52 bits per heavy atom. The largest absolute Gasteiger partial charge is 0.494 e. The number of hydrogen-bond donors (Lipinski definition) is 2. The molecule has 1 aromatic carbocycles. The van der Waals surface area contributed by atoms with Crippen molar-refractivity contribution in [3.05, 3.63) is 24.3 Å². The normalized spacial score (nSPS) is 11.2. The average Bonchev–Trinajstić information content (AvgIpc) is 2.87. The molecule has 0 bridgehead atoms. The standard InChI is InChI=1S/C15H20N4O2/c1-5-21-11-8-6-10(7-9-11)12-16-14(19-18-12)17-13(20)15(2,3)4/h6-9H,5H2,1-4H3,(H2,16,17,18,19,20). The molecular formula is C15H20N4O2. The highest BCUT2D eigenvalue weighted by atomic mass is 16.5. The Bertz CT molecular complexity index is 611. The molecule has 2 aromatic rings. The Hall–Kier alpha value is -2.37. The van der Waals surface area contributed by atoms with Gasteiger partial charge in [0.15, 0.2) is 5.82 Å². The lowest BCUT2D eigenvalue weighted by Crippen LogP contribution is -2.28. The fraction of sp³-hybridized carbons (Fsp3) is 0.400. The van der Waals surface area contributed by atoms with Crippen molar-refractivity contribution in [2.75, 3.05) is 11.9 Å². The third kappa shape index (κ3) is 3.81. The maximum atomic E-state index is 11.9. The van der Waals surface area contributed by atoms with Crippen LogP contribution in [0.25, 0.3) is 11.4 Å². The fourth-order valence-corrected chi connectivity index (χ4v) is 1.61. The summed E-state index contributed by atoms with van der Waals surface area (Å²) in [5.74, 6) is 1.56. The zero-order valence-electron chi connectivity index (χ0n) is 12.7. The van der Waals surface area contributed by atoms with Crippen molar-refractivity contribution in [1.29, 1.82) is 0 Å². The van der Waals surface area contributed by atoms with Gasteiger partial charge < -0.3 is 4.74 Å². The lowest BCUT2D eigenvalue weighted by atomic mass is 9.96. The number of aromatic amines is 1. The molecule has 0 saturated heterocycles. The molecule has 0 radical (unpaired) electrons. The summed E-state index contributed by atoms with van der Waals surface area (Å²) >= 11 is 0. The first-order valence-corrected chi connectivity index (χ1v) is 6.87. The number of aromatic nitrogens is 3. The summed E-state index contributed by atoms with van der Waals surface area (Å²) in [5, 5.41) is 9.51. The zero-order chi connectivity index (χ0) is 15.5. The van der Waals surface area contributed by atoms with E-state index in [2.05, 4.69) is 20.5 Å². The van der Waals surface area contributed by atoms with Crippen molar-refractivity contribution in [2.45, 2.75) is 27.7 Å². The second kappa shape index (κ2) is 5.95. The number of hydrogen-bond acceptors (Lipinski definition) is 4. The molecule has 0 aliphatic heterocycles. The molecule has 6 nitrogen and oxygen atoms in total. The molecule has 0 aliphatic carbocycles. The number of carbonyl (C=O) groups is 1. The van der Waals surface area contributed by atoms with E-state index in [0.29, 0.717) is 12.4 Å². The molecule has 0 aliphatic rings. The first-order valence-electron chi connectivity index (χ1n) is 6.87. The van der Waals surface area contributed by atoms with E-state index >= 15 is 0 Å². The van der Waals surface area contributed by atoms with Crippen LogP contribution >= 0.6 is 0 Å². The quantitative estimate of drug-likeness (QED) is 0.906. The average molecular weight is 288 g/mol. The van der Waals surface area contributed by atoms with Gasteiger partial charge in [0.25, 0.3) is 0 Å². The Balaban J connectivity index is 2.10. The molecule has 0 fully saturated rings. The molecule has 6 heteroatoms. The number of anilines is 1. The summed E-state index contributed by atoms with van der Waals surface area (Å²) in [6, 6.07) is 7.52. The van der Waals surface area contributed by atoms with Crippen LogP contribution in [0.3, 0.4) is 0 Å². The zero-order valence-corrected chi connectivity index (χ0v) is 12.7. The number of benzene rings is 1. The first kappa shape index (κ1) is 15.0. The van der Waals surface area contributed by atoms with Gasteiger partial charge in [-0.15, -0.1) is 5.10 Å². The first-order chi connectivity index (χ1) is 9.90. The smallest absolute Gasteiger partial charge is 0.249 e. The maximum absolute atomic E-state index is 11.9. The minimum absolute atomic E-state index is 0.125. The maximum Gasteiger partial charge on any atom is 0.249 e. The Morgan fingerprint density at radius 1 is 1.29 bits per heavy atom. The van der Waals surface area contributed by atoms with Crippen LogP contribution < -0.4 is 10.1 Å². The van der Waals surface area contributed by atoms with Crippen LogP contribution in [0, 0.1) is 5.41 Å². The highest BCUT2D eigenvalue weighted by Gasteiger charge is 2.22. The van der Waals surface area contributed by atoms with Crippen LogP contribution in [-0.2, 0) is 4.79 Å². The second-order valence-corrected chi connectivity index (χ2v) is 5.67. The van der Waals surface area contributed by atoms with Crippen LogP contribution in [0.15, 0.2) is 24.3 Å². The Labute approximate surface area is 123 Å². The van der Waals surface area contributed by atoms with Gasteiger partial charge in [0.1, 0.15) is 5.75 Å². The summed E-state index contributed by atoms with van der Waals surface area (Å²) in [4.78, 5) is 16.1. The molecular weight excluding hydrogens is 268 g/mol. The van der Waals surface area contributed by atoms with Crippen molar-refractivity contribution < 1.29 is 9.53 Å². The van der Waals surface area contributed by atoms with Gasteiger partial charge in [0.05, 0.1) is 6.61 Å². The van der Waals surface area contributed by atoms with E-state index in [4.69, 9.17) is 4.74 Å². The van der Waals surface area contributed by atoms with Crippen LogP contribution in [0.5, 0.6) is 5.75 Å². The lowest BCUT2D eigenvalue weighted by Gasteiger charge is -2.15. The number of ether oxygens (including phenoxy) is 1. The van der Waals surface area contributed by atoms with E-state index in [1.54, 1.807) is 0 Å². The third-order valence-corrected chi connectivity index (χ3v) is 2.83. The fourth-order valence-electron chi connectivity index (χ4n) is 1.61. The van der Waals surface area contributed by atoms with Gasteiger partial charge >= 0.3 is 0 Å². The van der Waals surface area contributed by atoms with E-state index in [-0.39, 0.29) is 11.9 Å². The predicted molar refractivity (Wildman–Crippen MR) is 81.1 cm³/mol. The molecule has 112 valence electrons. The number of rotatable bonds is 4. The van der Waals surface area contributed by atoms with E-state index in [1.807, 2.05) is 52.0 Å². The molecule has 0 atom stereocenters. The molecule has 21 heavy (non-hydrogen) atoms. The van der Waals surface area contributed by atoms with Gasteiger partial charge in [-0.25, -0.2) is 0 Å². The summed E-state index contributed by atoms with van der Waals surface area (Å²) in [7, 11) is 0. The molecule has 0 unspecified atom stereocenters. The van der Waals surface area contributed by atoms with E-state index in [1.165, 1.54) is 0 Å². The lowest BCUT2D eigenvalue weighted by molar-refractivity contribution is -0.123. The highest BCUT2D eigenvalue weighted by Crippen LogP contribution is 2.21. The monoisotopic (exact) mass is 288 g/mol. The van der Waals surface area contributed by atoms with Gasteiger partial charge in [-0.3, -0.25) is 15.2 Å². The van der Waals surface area contributed by atoms with Crippen molar-refractivity contribution in [3.63, 3.8) is 0 Å². The van der Waals surface area contributed by atoms with Gasteiger partial charge in [0.2, 0.25) is 11.9 Å². The number of nitrogens with zero attached hydrogens (tertiary/aromatic N) is 2. The van der Waals surface area contributed by atoms with Crippen LogP contribution in [-0.4, -0.2) is 27.7 Å². The Morgan fingerprint density at radius 2 is 1.95 bits per heavy atom. The summed E-state index contributed by atoms with van der Waals surface area (Å²) in [5.41, 5.74) is 0.391. The molecule has 2 rings (SSSR count). The molecule has 1 heterocycles. The third-order valence-electron chi connectivity index (χ3n) is 2.83. The van der Waals surface area contributed by atoms with Gasteiger partial charge in [-0.05, 0) is 31.2 Å². The number of amides is 1. The molecule has 1 amide bonds. The minimum Gasteiger partial charge on any atom is -0.494 e. The van der Waals surface area contributed by atoms with E-state index in [0.717, 1.165) is 11.3 Å². The van der Waals surface area contributed by atoms with Crippen LogP contribution in [0.4, 0.5) is 5.95 Å². The van der Waals surface area contributed by atoms with Crippen molar-refractivity contribution in [3.8, 4) is 17.1 Å². The van der Waals surface area contributed by atoms with Crippen molar-refractivity contribution in [2.24, 2.45) is 5.41 Å². The molecule has 0 saturated carbocycles. The van der Waals surface area contributed by atoms with Gasteiger partial charge in [0, 0.05) is 11.0 Å². The van der Waals surface area contributed by atoms with Gasteiger partial charge in [-0.2, -0.15) is 4.98 Å². The summed E-state index contributed by atoms with van der Waals surface area (Å²) in [6.07, 6.45) is 0. The van der Waals surface area contributed by atoms with Crippen LogP contribution in [0.2, 0.25) is 0 Å². The van der Waals surface area contributed by atoms with Crippen molar-refractivity contribution >= 4 is 11.9 Å². The highest BCUT2D eigenvalue weighted by molar-refractivity contribution is 5.93. The van der Waals surface area contributed by atoms with Gasteiger partial charge in [-0.1, -0.05) is 20.8 Å². The topological polar surface area (TPSA) is 79.9 Å².